The molecule has 8 heterocycles. The number of carbonyl (C=O) groups excluding carboxylic acids is 5. The highest BCUT2D eigenvalue weighted by Gasteiger charge is 2.34. The van der Waals surface area contributed by atoms with Gasteiger partial charge in [-0.2, -0.15) is 13.5 Å². The van der Waals surface area contributed by atoms with E-state index in [0.717, 1.165) is 61.1 Å². The molecular formula is C70H77ClF2N10O7S. The number of carbonyl (C=O) groups is 6. The second-order valence-corrected chi connectivity index (χ2v) is 22.1. The molecule has 4 atom stereocenters. The van der Waals surface area contributed by atoms with Crippen LogP contribution < -0.4 is 16.8 Å². The number of Topliss-reactive ketones (excluding diaryl/α,β-unsaturated/α-hetero) is 2. The lowest BCUT2D eigenvalue weighted by molar-refractivity contribution is -0.139. The maximum Gasteiger partial charge on any atom is 0.323 e. The minimum Gasteiger partial charge on any atom is -0.480 e. The second kappa shape index (κ2) is 32.0. The molecule has 6 aromatic heterocycles. The first-order valence-electron chi connectivity index (χ1n) is 28.9. The van der Waals surface area contributed by atoms with Crippen LogP contribution in [0, 0.1) is 13.8 Å². The number of benzene rings is 4. The predicted octanol–water partition coefficient (Wildman–Crippen LogP) is 12.0. The van der Waals surface area contributed by atoms with E-state index in [1.165, 1.54) is 15.7 Å². The summed E-state index contributed by atoms with van der Waals surface area (Å²) in [4.78, 5) is 93.7. The lowest BCUT2D eigenvalue weighted by atomic mass is 10.0. The Balaban J connectivity index is 0.000000234. The maximum atomic E-state index is 14.5. The van der Waals surface area contributed by atoms with Crippen LogP contribution in [-0.4, -0.2) is 112 Å². The van der Waals surface area contributed by atoms with Crippen LogP contribution in [0.4, 0.5) is 8.78 Å². The number of aromatic nitrogens is 6. The third-order valence-corrected chi connectivity index (χ3v) is 15.9. The van der Waals surface area contributed by atoms with Crippen LogP contribution in [0.5, 0.6) is 0 Å². The van der Waals surface area contributed by atoms with E-state index in [0.29, 0.717) is 70.9 Å². The SMILES string of the molecule is C.C.Cc1cccc(CC(=O)[C@@H]2CCC(F)CCN2)n1.Cc1cccc(CC(=O)[C@@H]2CCC(F)CCN2C(=O)Cn2cc(C(N)=O)c3cc(-c4ccc5cccnc5c4)ccc32)n1.Cl.NC(=O)c1cn(CC(=O)O)c2ccc(-c3ccc4cccnc4c3)cc12.S. The third-order valence-electron chi connectivity index (χ3n) is 15.9. The first kappa shape index (κ1) is 70.8. The lowest BCUT2D eigenvalue weighted by Gasteiger charge is -2.29. The molecule has 2 saturated heterocycles. The van der Waals surface area contributed by atoms with E-state index in [2.05, 4.69) is 25.3 Å². The molecule has 91 heavy (non-hydrogen) atoms. The molecule has 10 aromatic rings. The highest BCUT2D eigenvalue weighted by molar-refractivity contribution is 7.59. The molecule has 0 aliphatic carbocycles. The summed E-state index contributed by atoms with van der Waals surface area (Å²) >= 11 is 0. The average molecular weight is 1280 g/mol. The fourth-order valence-corrected chi connectivity index (χ4v) is 11.5. The number of carboxylic acids is 1. The molecule has 2 fully saturated rings. The number of hydrogen-bond donors (Lipinski definition) is 4. The number of amides is 3. The van der Waals surface area contributed by atoms with Gasteiger partial charge in [-0.25, -0.2) is 8.78 Å². The summed E-state index contributed by atoms with van der Waals surface area (Å²) in [7, 11) is 0. The van der Waals surface area contributed by atoms with Gasteiger partial charge in [0, 0.05) is 86.7 Å². The van der Waals surface area contributed by atoms with Crippen LogP contribution in [-0.2, 0) is 45.1 Å². The number of alkyl halides is 2. The van der Waals surface area contributed by atoms with Crippen molar-refractivity contribution in [2.24, 2.45) is 11.5 Å². The smallest absolute Gasteiger partial charge is 0.323 e. The number of fused-ring (bicyclic) bond motifs is 4. The summed E-state index contributed by atoms with van der Waals surface area (Å²) in [6.45, 7) is 4.13. The van der Waals surface area contributed by atoms with Crippen molar-refractivity contribution in [1.82, 2.24) is 39.3 Å². The van der Waals surface area contributed by atoms with Gasteiger partial charge >= 0.3 is 5.97 Å². The van der Waals surface area contributed by atoms with Crippen molar-refractivity contribution in [3.63, 3.8) is 0 Å². The number of pyridine rings is 4. The van der Waals surface area contributed by atoms with Crippen molar-refractivity contribution in [2.75, 3.05) is 13.1 Å². The van der Waals surface area contributed by atoms with E-state index >= 15 is 0 Å². The van der Waals surface area contributed by atoms with Gasteiger partial charge in [-0.05, 0) is 154 Å². The molecule has 21 heteroatoms. The Kier molecular flexibility index (Phi) is 24.9. The molecule has 476 valence electrons. The standard InChI is InChI=1S/C34H32FN5O3.C20H15N3O3.C14H19FN2O.2CH4.ClH.H2S/c1-21-4-2-6-26(38-21)18-32(41)31-12-10-25(35)13-15-40(31)33(42)20-39-19-28(34(36)43)27-16-23(9-11-30(27)39)24-8-7-22-5-3-14-37-29(22)17-24;21-20(26)16-10-23(11-19(24)25)18-6-5-13(8-15(16)18)14-4-3-12-2-1-7-22-17(12)9-14;1-10-3-2-4-12(17-10)9-14(18)13-6-5-11(15)7-8-16-13;;;;/h2-9,11,14,16-17,19,25,31H,10,12-13,15,18,20H2,1H3,(H2,36,43);1-10H,11H2,(H2,21,26)(H,24,25);2-4,11,13,16H,5-9H2,1H3;2*1H4;1H;1H2/t25?,31-;;11?,13-;;;;/m0.0..../s1. The van der Waals surface area contributed by atoms with Gasteiger partial charge in [0.2, 0.25) is 5.91 Å². The number of aryl methyl sites for hydroxylation is 2. The second-order valence-electron chi connectivity index (χ2n) is 22.1. The van der Waals surface area contributed by atoms with Gasteiger partial charge < -0.3 is 35.9 Å². The number of aliphatic carboxylic acids is 1. The van der Waals surface area contributed by atoms with Crippen LogP contribution in [0.25, 0.3) is 65.9 Å². The number of carboxylic acid groups (broad SMARTS) is 1. The van der Waals surface area contributed by atoms with E-state index < -0.39 is 36.2 Å². The number of nitrogens with two attached hydrogens (primary N) is 2. The van der Waals surface area contributed by atoms with Gasteiger partial charge in [0.05, 0.1) is 47.1 Å². The van der Waals surface area contributed by atoms with Crippen molar-refractivity contribution in [2.45, 2.75) is 118 Å². The number of hydrogen-bond acceptors (Lipinski definition) is 11. The van der Waals surface area contributed by atoms with E-state index in [1.807, 2.05) is 141 Å². The summed E-state index contributed by atoms with van der Waals surface area (Å²) in [5, 5.41) is 15.5. The molecule has 17 nitrogen and oxygen atoms in total. The van der Waals surface area contributed by atoms with Gasteiger partial charge in [0.25, 0.3) is 11.8 Å². The summed E-state index contributed by atoms with van der Waals surface area (Å²) in [6.07, 6.45) is 7.31. The van der Waals surface area contributed by atoms with E-state index in [9.17, 15) is 37.5 Å². The van der Waals surface area contributed by atoms with Crippen LogP contribution in [0.1, 0.15) is 96.9 Å². The zero-order chi connectivity index (χ0) is 61.3. The molecule has 3 amide bonds. The van der Waals surface area contributed by atoms with Crippen molar-refractivity contribution >= 4 is 105 Å². The van der Waals surface area contributed by atoms with E-state index in [4.69, 9.17) is 16.6 Å². The fraction of sp³-hybridized carbons (Fsp3) is 0.286. The summed E-state index contributed by atoms with van der Waals surface area (Å²) in [5.74, 6) is -2.55. The molecule has 2 unspecified atom stereocenters. The molecule has 2 aliphatic rings. The Morgan fingerprint density at radius 2 is 1.04 bits per heavy atom. The fourth-order valence-electron chi connectivity index (χ4n) is 11.5. The number of halogens is 3. The Morgan fingerprint density at radius 1 is 0.571 bits per heavy atom. The minimum absolute atomic E-state index is 0. The van der Waals surface area contributed by atoms with Crippen molar-refractivity contribution in [3.8, 4) is 22.3 Å². The van der Waals surface area contributed by atoms with E-state index in [1.54, 1.807) is 29.2 Å². The molecule has 0 saturated carbocycles. The maximum absolute atomic E-state index is 14.5. The first-order valence-corrected chi connectivity index (χ1v) is 28.9. The Morgan fingerprint density at radius 3 is 1.55 bits per heavy atom. The van der Waals surface area contributed by atoms with E-state index in [-0.39, 0.29) is 110 Å². The number of primary amides is 2. The van der Waals surface area contributed by atoms with Crippen LogP contribution >= 0.6 is 25.9 Å². The van der Waals surface area contributed by atoms with Crippen LogP contribution in [0.15, 0.2) is 158 Å². The number of nitrogens with zero attached hydrogens (tertiary/aromatic N) is 7. The average Bonchev–Trinajstić information content (AvgIpc) is 1.70. The molecule has 12 rings (SSSR count). The first-order chi connectivity index (χ1) is 41.9. The zero-order valence-electron chi connectivity index (χ0n) is 49.2. The van der Waals surface area contributed by atoms with Gasteiger partial charge in [0.15, 0.2) is 11.6 Å². The predicted molar refractivity (Wildman–Crippen MR) is 361 cm³/mol. The Labute approximate surface area is 540 Å². The topological polar surface area (TPSA) is 251 Å². The largest absolute Gasteiger partial charge is 0.480 e. The van der Waals surface area contributed by atoms with Crippen molar-refractivity contribution < 1.29 is 42.7 Å². The molecule has 2 aliphatic heterocycles. The minimum atomic E-state index is -1.08. The number of likely N-dealkylation sites (tertiary alicyclic amines) is 1. The molecule has 6 N–H and O–H groups in total. The summed E-state index contributed by atoms with van der Waals surface area (Å²) < 4.78 is 30.9. The highest BCUT2D eigenvalue weighted by Crippen LogP contribution is 2.32. The molecular weight excluding hydrogens is 1200 g/mol. The molecule has 0 bridgehead atoms. The molecule has 0 radical (unpaired) electrons. The summed E-state index contributed by atoms with van der Waals surface area (Å²) in [5.41, 5.74) is 21.7. The van der Waals surface area contributed by atoms with Gasteiger partial charge in [-0.15, -0.1) is 12.4 Å². The van der Waals surface area contributed by atoms with Gasteiger partial charge in [-0.1, -0.05) is 75.5 Å². The van der Waals surface area contributed by atoms with Crippen molar-refractivity contribution in [3.05, 3.63) is 192 Å². The third kappa shape index (κ3) is 17.4. The monoisotopic (exact) mass is 1270 g/mol. The highest BCUT2D eigenvalue weighted by atomic mass is 35.5. The van der Waals surface area contributed by atoms with Crippen LogP contribution in [0.2, 0.25) is 0 Å². The number of nitrogens with one attached hydrogen (secondary N) is 1. The molecule has 0 spiro atoms. The van der Waals surface area contributed by atoms with Gasteiger partial charge in [0.1, 0.15) is 25.4 Å². The zero-order valence-corrected chi connectivity index (χ0v) is 51.0. The molecule has 4 aromatic carbocycles. The lowest BCUT2D eigenvalue weighted by Crippen LogP contribution is -2.46. The van der Waals surface area contributed by atoms with Gasteiger partial charge in [-0.3, -0.25) is 48.7 Å². The number of ketones is 2. The van der Waals surface area contributed by atoms with Crippen molar-refractivity contribution in [1.29, 1.82) is 0 Å². The quantitative estimate of drug-likeness (QED) is 0.0793. The number of rotatable bonds is 14. The van der Waals surface area contributed by atoms with Crippen LogP contribution in [0.3, 0.4) is 0 Å². The Bertz CT molecular complexity index is 4260. The normalized spacial score (nSPS) is 16.2. The summed E-state index contributed by atoms with van der Waals surface area (Å²) in [6, 6.07) is 41.1. The Hall–Kier alpha value is -9.24.